The van der Waals surface area contributed by atoms with Gasteiger partial charge < -0.3 is 9.40 Å². The fourth-order valence-corrected chi connectivity index (χ4v) is 3.11. The topological polar surface area (TPSA) is 62.1 Å². The van der Waals surface area contributed by atoms with E-state index in [1.807, 2.05) is 4.90 Å². The van der Waals surface area contributed by atoms with Crippen LogP contribution in [0.3, 0.4) is 0 Å². The van der Waals surface area contributed by atoms with E-state index in [-0.39, 0.29) is 5.56 Å². The van der Waals surface area contributed by atoms with Crippen LogP contribution < -0.4 is 5.56 Å². The standard InChI is InChI=1S/C18H15F2N3O2/c19-12-6-11(7-13(20)8-12)9-23-4-3-15-14(10-23)18(24)22-17(21-15)16-2-1-5-25-16/h1-2,5-8H,3-4,9-10H2,(H,21,22,24). The summed E-state index contributed by atoms with van der Waals surface area (Å²) in [5.74, 6) is -0.281. The van der Waals surface area contributed by atoms with E-state index < -0.39 is 11.6 Å². The molecule has 3 aromatic rings. The lowest BCUT2D eigenvalue weighted by molar-refractivity contribution is 0.241. The van der Waals surface area contributed by atoms with E-state index in [9.17, 15) is 13.6 Å². The number of halogens is 2. The van der Waals surface area contributed by atoms with Crippen LogP contribution in [0.1, 0.15) is 16.8 Å². The molecule has 7 heteroatoms. The van der Waals surface area contributed by atoms with Gasteiger partial charge in [-0.15, -0.1) is 0 Å². The maximum absolute atomic E-state index is 13.3. The number of rotatable bonds is 3. The Bertz CT molecular complexity index is 947. The number of nitrogens with zero attached hydrogens (tertiary/aromatic N) is 2. The average Bonchev–Trinajstić information content (AvgIpc) is 3.09. The molecule has 0 spiro atoms. The molecular weight excluding hydrogens is 328 g/mol. The minimum atomic E-state index is -0.602. The molecule has 1 aromatic carbocycles. The molecular formula is C18H15F2N3O2. The van der Waals surface area contributed by atoms with Crippen molar-refractivity contribution in [3.63, 3.8) is 0 Å². The lowest BCUT2D eigenvalue weighted by atomic mass is 10.1. The first-order valence-electron chi connectivity index (χ1n) is 7.92. The quantitative estimate of drug-likeness (QED) is 0.794. The summed E-state index contributed by atoms with van der Waals surface area (Å²) < 4.78 is 31.9. The van der Waals surface area contributed by atoms with Crippen LogP contribution in [0.15, 0.2) is 45.8 Å². The largest absolute Gasteiger partial charge is 0.461 e. The summed E-state index contributed by atoms with van der Waals surface area (Å²) >= 11 is 0. The summed E-state index contributed by atoms with van der Waals surface area (Å²) in [5, 5.41) is 0. The fraction of sp³-hybridized carbons (Fsp3) is 0.222. The SMILES string of the molecule is O=c1[nH]c(-c2ccco2)nc2c1CN(Cc1cc(F)cc(F)c1)CC2. The van der Waals surface area contributed by atoms with Crippen molar-refractivity contribution in [2.75, 3.05) is 6.54 Å². The minimum absolute atomic E-state index is 0.216. The third-order valence-electron chi connectivity index (χ3n) is 4.23. The van der Waals surface area contributed by atoms with Crippen LogP contribution in [0, 0.1) is 11.6 Å². The number of aromatic amines is 1. The van der Waals surface area contributed by atoms with Gasteiger partial charge in [0.1, 0.15) is 11.6 Å². The van der Waals surface area contributed by atoms with Crippen molar-refractivity contribution in [1.29, 1.82) is 0 Å². The molecule has 4 rings (SSSR count). The van der Waals surface area contributed by atoms with Crippen LogP contribution in [0.25, 0.3) is 11.6 Å². The molecule has 25 heavy (non-hydrogen) atoms. The molecule has 0 saturated heterocycles. The Morgan fingerprint density at radius 2 is 2.04 bits per heavy atom. The summed E-state index contributed by atoms with van der Waals surface area (Å²) in [7, 11) is 0. The van der Waals surface area contributed by atoms with E-state index in [4.69, 9.17) is 4.42 Å². The fourth-order valence-electron chi connectivity index (χ4n) is 3.11. The molecule has 2 aromatic heterocycles. The first kappa shape index (κ1) is 15.7. The molecule has 0 atom stereocenters. The van der Waals surface area contributed by atoms with Crippen molar-refractivity contribution in [3.05, 3.63) is 75.4 Å². The predicted octanol–water partition coefficient (Wildman–Crippen LogP) is 2.87. The first-order chi connectivity index (χ1) is 12.1. The Morgan fingerprint density at radius 3 is 2.76 bits per heavy atom. The van der Waals surface area contributed by atoms with Gasteiger partial charge >= 0.3 is 0 Å². The maximum Gasteiger partial charge on any atom is 0.256 e. The monoisotopic (exact) mass is 343 g/mol. The number of hydrogen-bond acceptors (Lipinski definition) is 4. The van der Waals surface area contributed by atoms with Gasteiger partial charge in [-0.2, -0.15) is 0 Å². The van der Waals surface area contributed by atoms with Gasteiger partial charge in [-0.1, -0.05) is 0 Å². The van der Waals surface area contributed by atoms with Crippen molar-refractivity contribution in [2.24, 2.45) is 0 Å². The highest BCUT2D eigenvalue weighted by molar-refractivity contribution is 5.47. The molecule has 1 aliphatic rings. The van der Waals surface area contributed by atoms with Gasteiger partial charge in [0, 0.05) is 32.1 Å². The Balaban J connectivity index is 1.58. The molecule has 0 bridgehead atoms. The molecule has 0 amide bonds. The summed E-state index contributed by atoms with van der Waals surface area (Å²) in [6.07, 6.45) is 2.11. The van der Waals surface area contributed by atoms with Crippen molar-refractivity contribution in [3.8, 4) is 11.6 Å². The second-order valence-electron chi connectivity index (χ2n) is 6.06. The van der Waals surface area contributed by atoms with Gasteiger partial charge in [0.25, 0.3) is 5.56 Å². The van der Waals surface area contributed by atoms with Crippen molar-refractivity contribution < 1.29 is 13.2 Å². The van der Waals surface area contributed by atoms with E-state index in [1.54, 1.807) is 12.1 Å². The maximum atomic E-state index is 13.3. The van der Waals surface area contributed by atoms with E-state index in [1.165, 1.54) is 18.4 Å². The molecule has 1 aliphatic heterocycles. The number of benzene rings is 1. The average molecular weight is 343 g/mol. The number of aromatic nitrogens is 2. The highest BCUT2D eigenvalue weighted by Gasteiger charge is 2.22. The highest BCUT2D eigenvalue weighted by atomic mass is 19.1. The van der Waals surface area contributed by atoms with Crippen molar-refractivity contribution in [2.45, 2.75) is 19.5 Å². The zero-order chi connectivity index (χ0) is 17.4. The smallest absolute Gasteiger partial charge is 0.256 e. The van der Waals surface area contributed by atoms with Gasteiger partial charge in [-0.3, -0.25) is 9.69 Å². The van der Waals surface area contributed by atoms with Crippen molar-refractivity contribution >= 4 is 0 Å². The molecule has 0 radical (unpaired) electrons. The molecule has 128 valence electrons. The van der Waals surface area contributed by atoms with Crippen LogP contribution in [-0.2, 0) is 19.5 Å². The highest BCUT2D eigenvalue weighted by Crippen LogP contribution is 2.20. The number of nitrogens with one attached hydrogen (secondary N) is 1. The second kappa shape index (κ2) is 6.25. The zero-order valence-corrected chi connectivity index (χ0v) is 13.3. The second-order valence-corrected chi connectivity index (χ2v) is 6.06. The third-order valence-corrected chi connectivity index (χ3v) is 4.23. The van der Waals surface area contributed by atoms with E-state index in [0.29, 0.717) is 48.8 Å². The molecule has 5 nitrogen and oxygen atoms in total. The van der Waals surface area contributed by atoms with Crippen LogP contribution in [0.4, 0.5) is 8.78 Å². The number of hydrogen-bond donors (Lipinski definition) is 1. The van der Waals surface area contributed by atoms with Crippen LogP contribution in [-0.4, -0.2) is 21.4 Å². The molecule has 1 N–H and O–H groups in total. The zero-order valence-electron chi connectivity index (χ0n) is 13.3. The molecule has 3 heterocycles. The van der Waals surface area contributed by atoms with Gasteiger partial charge in [0.2, 0.25) is 0 Å². The molecule has 0 saturated carbocycles. The predicted molar refractivity (Wildman–Crippen MR) is 86.7 cm³/mol. The van der Waals surface area contributed by atoms with Gasteiger partial charge in [0.05, 0.1) is 17.5 Å². The lowest BCUT2D eigenvalue weighted by Crippen LogP contribution is -2.35. The van der Waals surface area contributed by atoms with Gasteiger partial charge in [-0.25, -0.2) is 13.8 Å². The van der Waals surface area contributed by atoms with E-state index in [0.717, 1.165) is 11.8 Å². The third kappa shape index (κ3) is 3.23. The molecule has 0 unspecified atom stereocenters. The summed E-state index contributed by atoms with van der Waals surface area (Å²) in [5.41, 5.74) is 1.64. The number of fused-ring (bicyclic) bond motifs is 1. The van der Waals surface area contributed by atoms with Crippen LogP contribution >= 0.6 is 0 Å². The number of H-pyrrole nitrogens is 1. The Kier molecular flexibility index (Phi) is 3.93. The first-order valence-corrected chi connectivity index (χ1v) is 7.92. The van der Waals surface area contributed by atoms with Gasteiger partial charge in [-0.05, 0) is 29.8 Å². The van der Waals surface area contributed by atoms with E-state index in [2.05, 4.69) is 9.97 Å². The van der Waals surface area contributed by atoms with Crippen LogP contribution in [0.5, 0.6) is 0 Å². The molecule has 0 fully saturated rings. The Morgan fingerprint density at radius 1 is 1.24 bits per heavy atom. The number of furan rings is 1. The Labute approximate surface area is 141 Å². The lowest BCUT2D eigenvalue weighted by Gasteiger charge is -2.27. The summed E-state index contributed by atoms with van der Waals surface area (Å²) in [6, 6.07) is 6.93. The molecule has 0 aliphatic carbocycles. The van der Waals surface area contributed by atoms with Crippen molar-refractivity contribution in [1.82, 2.24) is 14.9 Å². The van der Waals surface area contributed by atoms with Gasteiger partial charge in [0.15, 0.2) is 11.6 Å². The Hall–Kier alpha value is -2.80. The summed E-state index contributed by atoms with van der Waals surface area (Å²) in [4.78, 5) is 21.6. The van der Waals surface area contributed by atoms with Crippen LogP contribution in [0.2, 0.25) is 0 Å². The summed E-state index contributed by atoms with van der Waals surface area (Å²) in [6.45, 7) is 1.40. The minimum Gasteiger partial charge on any atom is -0.461 e. The van der Waals surface area contributed by atoms with E-state index >= 15 is 0 Å². The normalized spacial score (nSPS) is 14.5.